The Balaban J connectivity index is 1.81. The highest BCUT2D eigenvalue weighted by molar-refractivity contribution is 7.12. The lowest BCUT2D eigenvalue weighted by atomic mass is 10.1. The molecule has 1 amide bonds. The van der Waals surface area contributed by atoms with Gasteiger partial charge in [-0.15, -0.1) is 11.3 Å². The van der Waals surface area contributed by atoms with E-state index in [1.165, 1.54) is 18.3 Å². The van der Waals surface area contributed by atoms with Crippen molar-refractivity contribution in [3.05, 3.63) is 52.2 Å². The molecule has 0 radical (unpaired) electrons. The van der Waals surface area contributed by atoms with Crippen LogP contribution in [0.1, 0.15) is 22.2 Å². The van der Waals surface area contributed by atoms with E-state index in [0.717, 1.165) is 5.56 Å². The van der Waals surface area contributed by atoms with Gasteiger partial charge in [0.05, 0.1) is 11.3 Å². The third-order valence-corrected chi connectivity index (χ3v) is 3.69. The molecule has 2 aromatic rings. The predicted octanol–water partition coefficient (Wildman–Crippen LogP) is 2.68. The zero-order chi connectivity index (χ0) is 15.9. The molecule has 114 valence electrons. The number of carbonyl (C=O) groups excluding carboxylic acids is 3. The van der Waals surface area contributed by atoms with Gasteiger partial charge in [0.25, 0.3) is 0 Å². The summed E-state index contributed by atoms with van der Waals surface area (Å²) in [7, 11) is 0. The van der Waals surface area contributed by atoms with Crippen LogP contribution in [0.4, 0.5) is 5.69 Å². The average molecular weight is 317 g/mol. The number of ether oxygens (including phenoxy) is 1. The SMILES string of the molecule is CC(=O)Nc1ccc(CC(=O)OCC(=O)c2cccs2)cc1. The number of carbonyl (C=O) groups is 3. The van der Waals surface area contributed by atoms with Crippen molar-refractivity contribution >= 4 is 34.7 Å². The number of esters is 1. The molecule has 2 rings (SSSR count). The maximum atomic E-state index is 11.7. The molecule has 1 aromatic carbocycles. The Bertz CT molecular complexity index is 662. The van der Waals surface area contributed by atoms with Crippen LogP contribution in [0.25, 0.3) is 0 Å². The van der Waals surface area contributed by atoms with Gasteiger partial charge in [0.1, 0.15) is 0 Å². The minimum Gasteiger partial charge on any atom is -0.457 e. The highest BCUT2D eigenvalue weighted by Crippen LogP contribution is 2.12. The summed E-state index contributed by atoms with van der Waals surface area (Å²) < 4.78 is 4.97. The fourth-order valence-corrected chi connectivity index (χ4v) is 2.43. The van der Waals surface area contributed by atoms with E-state index in [1.807, 2.05) is 0 Å². The summed E-state index contributed by atoms with van der Waals surface area (Å²) in [5, 5.41) is 4.44. The molecule has 0 saturated heterocycles. The Morgan fingerprint density at radius 2 is 1.86 bits per heavy atom. The topological polar surface area (TPSA) is 72.5 Å². The number of thiophene rings is 1. The monoisotopic (exact) mass is 317 g/mol. The normalized spacial score (nSPS) is 10.0. The first kappa shape index (κ1) is 15.9. The van der Waals surface area contributed by atoms with Gasteiger partial charge in [-0.05, 0) is 29.1 Å². The van der Waals surface area contributed by atoms with Gasteiger partial charge in [-0.1, -0.05) is 18.2 Å². The zero-order valence-electron chi connectivity index (χ0n) is 12.0. The van der Waals surface area contributed by atoms with Crippen LogP contribution >= 0.6 is 11.3 Å². The molecule has 22 heavy (non-hydrogen) atoms. The van der Waals surface area contributed by atoms with Crippen molar-refractivity contribution in [2.24, 2.45) is 0 Å². The summed E-state index contributed by atoms with van der Waals surface area (Å²) >= 11 is 1.32. The summed E-state index contributed by atoms with van der Waals surface area (Å²) in [6, 6.07) is 10.3. The van der Waals surface area contributed by atoms with Crippen LogP contribution < -0.4 is 5.32 Å². The van der Waals surface area contributed by atoms with Crippen molar-refractivity contribution < 1.29 is 19.1 Å². The van der Waals surface area contributed by atoms with Crippen LogP contribution in [0.5, 0.6) is 0 Å². The number of nitrogens with one attached hydrogen (secondary N) is 1. The number of ketones is 1. The molecule has 1 aromatic heterocycles. The summed E-state index contributed by atoms with van der Waals surface area (Å²) in [6.07, 6.45) is 0.0814. The van der Waals surface area contributed by atoms with Gasteiger partial charge in [-0.3, -0.25) is 14.4 Å². The van der Waals surface area contributed by atoms with Gasteiger partial charge in [0, 0.05) is 12.6 Å². The molecule has 0 fully saturated rings. The Morgan fingerprint density at radius 3 is 2.45 bits per heavy atom. The maximum Gasteiger partial charge on any atom is 0.310 e. The van der Waals surface area contributed by atoms with Gasteiger partial charge >= 0.3 is 5.97 Å². The smallest absolute Gasteiger partial charge is 0.310 e. The lowest BCUT2D eigenvalue weighted by Gasteiger charge is -2.05. The number of anilines is 1. The molecule has 0 saturated carbocycles. The fourth-order valence-electron chi connectivity index (χ4n) is 1.78. The van der Waals surface area contributed by atoms with Crippen molar-refractivity contribution in [1.29, 1.82) is 0 Å². The minimum absolute atomic E-state index is 0.0814. The van der Waals surface area contributed by atoms with E-state index in [-0.39, 0.29) is 24.7 Å². The fraction of sp³-hybridized carbons (Fsp3) is 0.188. The minimum atomic E-state index is -0.461. The van der Waals surface area contributed by atoms with E-state index in [4.69, 9.17) is 4.74 Å². The van der Waals surface area contributed by atoms with E-state index < -0.39 is 5.97 Å². The van der Waals surface area contributed by atoms with Gasteiger partial charge in [-0.25, -0.2) is 0 Å². The molecule has 0 unspecified atom stereocenters. The van der Waals surface area contributed by atoms with Crippen molar-refractivity contribution in [3.8, 4) is 0 Å². The van der Waals surface area contributed by atoms with Gasteiger partial charge < -0.3 is 10.1 Å². The summed E-state index contributed by atoms with van der Waals surface area (Å²) in [6.45, 7) is 1.18. The van der Waals surface area contributed by atoms with Crippen LogP contribution in [0, 0.1) is 0 Å². The van der Waals surface area contributed by atoms with E-state index in [9.17, 15) is 14.4 Å². The average Bonchev–Trinajstić information content (AvgIpc) is 3.00. The number of hydrogen-bond donors (Lipinski definition) is 1. The maximum absolute atomic E-state index is 11.7. The van der Waals surface area contributed by atoms with E-state index >= 15 is 0 Å². The van der Waals surface area contributed by atoms with E-state index in [2.05, 4.69) is 5.32 Å². The zero-order valence-corrected chi connectivity index (χ0v) is 12.8. The molecule has 0 aliphatic heterocycles. The lowest BCUT2D eigenvalue weighted by molar-refractivity contribution is -0.141. The number of Topliss-reactive ketones (excluding diaryl/α,β-unsaturated/α-hetero) is 1. The first-order valence-electron chi connectivity index (χ1n) is 6.63. The van der Waals surface area contributed by atoms with Crippen molar-refractivity contribution in [1.82, 2.24) is 0 Å². The molecule has 0 atom stereocenters. The van der Waals surface area contributed by atoms with Gasteiger partial charge in [0.15, 0.2) is 6.61 Å². The summed E-state index contributed by atoms with van der Waals surface area (Å²) in [4.78, 5) is 34.9. The molecule has 1 N–H and O–H groups in total. The van der Waals surface area contributed by atoms with Crippen LogP contribution in [-0.4, -0.2) is 24.3 Å². The molecular weight excluding hydrogens is 302 g/mol. The number of benzene rings is 1. The third-order valence-electron chi connectivity index (χ3n) is 2.78. The second-order valence-corrected chi connectivity index (χ2v) is 5.56. The van der Waals surface area contributed by atoms with E-state index in [0.29, 0.717) is 10.6 Å². The number of hydrogen-bond acceptors (Lipinski definition) is 5. The second kappa shape index (κ2) is 7.51. The summed E-state index contributed by atoms with van der Waals surface area (Å²) in [5.74, 6) is -0.819. The van der Waals surface area contributed by atoms with E-state index in [1.54, 1.807) is 41.8 Å². The molecule has 0 spiro atoms. The van der Waals surface area contributed by atoms with Crippen LogP contribution in [0.2, 0.25) is 0 Å². The largest absolute Gasteiger partial charge is 0.457 e. The van der Waals surface area contributed by atoms with Gasteiger partial charge in [-0.2, -0.15) is 0 Å². The number of amides is 1. The Kier molecular flexibility index (Phi) is 5.43. The molecule has 0 aliphatic carbocycles. The van der Waals surface area contributed by atoms with Crippen molar-refractivity contribution in [3.63, 3.8) is 0 Å². The highest BCUT2D eigenvalue weighted by atomic mass is 32.1. The van der Waals surface area contributed by atoms with Crippen molar-refractivity contribution in [2.75, 3.05) is 11.9 Å². The molecule has 0 aliphatic rings. The molecule has 0 bridgehead atoms. The van der Waals surface area contributed by atoms with Crippen LogP contribution in [-0.2, 0) is 20.7 Å². The molecule has 1 heterocycles. The third kappa shape index (κ3) is 4.82. The Morgan fingerprint density at radius 1 is 1.14 bits per heavy atom. The van der Waals surface area contributed by atoms with Crippen molar-refractivity contribution in [2.45, 2.75) is 13.3 Å². The van der Waals surface area contributed by atoms with Crippen LogP contribution in [0.3, 0.4) is 0 Å². The first-order valence-corrected chi connectivity index (χ1v) is 7.51. The Labute approximate surface area is 131 Å². The quantitative estimate of drug-likeness (QED) is 0.657. The van der Waals surface area contributed by atoms with Gasteiger partial charge in [0.2, 0.25) is 11.7 Å². The molecular formula is C16H15NO4S. The molecule has 5 nitrogen and oxygen atoms in total. The highest BCUT2D eigenvalue weighted by Gasteiger charge is 2.11. The first-order chi connectivity index (χ1) is 10.5. The second-order valence-electron chi connectivity index (χ2n) is 4.62. The number of rotatable bonds is 6. The van der Waals surface area contributed by atoms with Crippen LogP contribution in [0.15, 0.2) is 41.8 Å². The molecule has 6 heteroatoms. The standard InChI is InChI=1S/C16H15NO4S/c1-11(18)17-13-6-4-12(5-7-13)9-16(20)21-10-14(19)15-3-2-8-22-15/h2-8H,9-10H2,1H3,(H,17,18). The summed E-state index contributed by atoms with van der Waals surface area (Å²) in [5.41, 5.74) is 1.42. The lowest BCUT2D eigenvalue weighted by Crippen LogP contribution is -2.15. The predicted molar refractivity (Wildman–Crippen MR) is 84.1 cm³/mol. The Hall–Kier alpha value is -2.47.